The molecule has 0 unspecified atom stereocenters. The maximum absolute atomic E-state index is 14.4. The number of nitrogens with two attached hydrogens (primary N) is 3. The molecule has 16 atom stereocenters. The Labute approximate surface area is 511 Å². The molecule has 0 bridgehead atoms. The third kappa shape index (κ3) is 24.7. The first-order valence-electron chi connectivity index (χ1n) is 30.2. The second-order valence-corrected chi connectivity index (χ2v) is 23.1. The lowest BCUT2D eigenvalue weighted by Crippen LogP contribution is -2.61. The van der Waals surface area contributed by atoms with Gasteiger partial charge in [0.2, 0.25) is 53.2 Å². The third-order valence-electron chi connectivity index (χ3n) is 15.6. The highest BCUT2D eigenvalue weighted by molar-refractivity contribution is 5.98. The Morgan fingerprint density at radius 1 is 0.667 bits per heavy atom. The minimum absolute atomic E-state index is 0.0272. The Hall–Kier alpha value is -7.46. The molecule has 1 aromatic carbocycles. The van der Waals surface area contributed by atoms with E-state index in [1.165, 1.54) is 13.8 Å². The highest BCUT2D eigenvalue weighted by Gasteiger charge is 2.40. The van der Waals surface area contributed by atoms with E-state index in [0.29, 0.717) is 32.1 Å². The first-order valence-corrected chi connectivity index (χ1v) is 30.2. The van der Waals surface area contributed by atoms with Crippen LogP contribution in [0.2, 0.25) is 0 Å². The number of rotatable bonds is 33. The van der Waals surface area contributed by atoms with Crippen molar-refractivity contribution in [2.75, 3.05) is 26.8 Å². The van der Waals surface area contributed by atoms with E-state index in [9.17, 15) is 57.8 Å². The van der Waals surface area contributed by atoms with E-state index in [-0.39, 0.29) is 37.7 Å². The highest BCUT2D eigenvalue weighted by Crippen LogP contribution is 2.18. The molecule has 1 aliphatic heterocycles. The predicted octanol–water partition coefficient (Wildman–Crippen LogP) is -1.71. The van der Waals surface area contributed by atoms with Crippen LogP contribution in [0.15, 0.2) is 35.3 Å². The summed E-state index contributed by atoms with van der Waals surface area (Å²) in [4.78, 5) is 156. The summed E-state index contributed by atoms with van der Waals surface area (Å²) in [5, 5.41) is 37.0. The van der Waals surface area contributed by atoms with E-state index in [2.05, 4.69) is 58.2 Å². The van der Waals surface area contributed by atoms with Crippen molar-refractivity contribution in [3.05, 3.63) is 35.9 Å². The zero-order valence-corrected chi connectivity index (χ0v) is 52.9. The highest BCUT2D eigenvalue weighted by atomic mass is 16.5. The Morgan fingerprint density at radius 2 is 1.20 bits per heavy atom. The van der Waals surface area contributed by atoms with Crippen LogP contribution in [0.1, 0.15) is 134 Å². The van der Waals surface area contributed by atoms with Crippen molar-refractivity contribution < 1.29 is 67.3 Å². The minimum Gasteiger partial charge on any atom is -0.462 e. The maximum Gasteiger partial charge on any atom is 0.329 e. The van der Waals surface area contributed by atoms with Crippen LogP contribution in [0, 0.1) is 29.6 Å². The topological polar surface area (TPSA) is 437 Å². The molecule has 0 saturated carbocycles. The molecule has 0 spiro atoms. The van der Waals surface area contributed by atoms with Gasteiger partial charge in [0, 0.05) is 6.54 Å². The average Bonchev–Trinajstić information content (AvgIpc) is 3.50. The summed E-state index contributed by atoms with van der Waals surface area (Å²) in [5.41, 5.74) is 18.2. The molecule has 17 N–H and O–H groups in total. The van der Waals surface area contributed by atoms with Gasteiger partial charge < -0.3 is 84.9 Å². The average molecular weight is 1230 g/mol. The van der Waals surface area contributed by atoms with Gasteiger partial charge in [-0.3, -0.25) is 48.1 Å². The van der Waals surface area contributed by atoms with Crippen molar-refractivity contribution in [3.8, 4) is 0 Å². The predicted molar refractivity (Wildman–Crippen MR) is 325 cm³/mol. The van der Waals surface area contributed by atoms with Crippen molar-refractivity contribution in [2.24, 2.45) is 51.8 Å². The van der Waals surface area contributed by atoms with E-state index in [1.807, 2.05) is 51.1 Å². The van der Waals surface area contributed by atoms with Crippen LogP contribution in [0.25, 0.3) is 0 Å². The molecule has 0 radical (unpaired) electrons. The van der Waals surface area contributed by atoms with Crippen molar-refractivity contribution in [1.82, 2.24) is 53.2 Å². The van der Waals surface area contributed by atoms with Crippen LogP contribution in [0.4, 0.5) is 0 Å². The number of cyclic esters (lactones) is 1. The number of benzene rings is 1. The van der Waals surface area contributed by atoms with E-state index in [0.717, 1.165) is 5.56 Å². The normalized spacial score (nSPS) is 21.3. The molecule has 1 heterocycles. The Morgan fingerprint density at radius 3 is 1.72 bits per heavy atom. The Balaban J connectivity index is 2.36. The second-order valence-electron chi connectivity index (χ2n) is 23.1. The van der Waals surface area contributed by atoms with E-state index in [4.69, 9.17) is 26.7 Å². The number of hydrogen-bond acceptors (Lipinski definition) is 17. The van der Waals surface area contributed by atoms with Gasteiger partial charge in [0.15, 0.2) is 5.96 Å². The van der Waals surface area contributed by atoms with Crippen molar-refractivity contribution >= 4 is 71.1 Å². The Bertz CT molecular complexity index is 2480. The SMILES string of the molecule is CC[C@H](C)[C@H](NC(=O)[C@@H](Cc1ccccc1)NC)C(=O)N[C@@H](CO)C(=O)N[C@H](CCCN=C(N)N)C(=O)N[C@@H](C(=O)N[C@H](C(=O)OC[C@H](N)C(=O)N[C@H]1C(=O)N[C@@H](C)C(=O)N[C@@H](CC(C)C)C(=O)N[C@@H]([C@@H](C)CC)C(=O)O[C@H]1C)[C@@H](C)CC)[C@@H](C)CC. The lowest BCUT2D eigenvalue weighted by Gasteiger charge is -2.30. The van der Waals surface area contributed by atoms with Gasteiger partial charge in [0.25, 0.3) is 0 Å². The summed E-state index contributed by atoms with van der Waals surface area (Å²) < 4.78 is 11.2. The molecule has 87 heavy (non-hydrogen) atoms. The summed E-state index contributed by atoms with van der Waals surface area (Å²) in [5.74, 6) is -11.5. The number of aliphatic hydroxyl groups excluding tert-OH is 1. The quantitative estimate of drug-likeness (QED) is 0.0161. The molecule has 490 valence electrons. The number of guanidine groups is 1. The fraction of sp³-hybridized carbons (Fsp3) is 0.695. The number of carbonyl (C=O) groups is 11. The van der Waals surface area contributed by atoms with E-state index >= 15 is 0 Å². The zero-order valence-electron chi connectivity index (χ0n) is 52.9. The first-order chi connectivity index (χ1) is 41.0. The summed E-state index contributed by atoms with van der Waals surface area (Å²) in [6.45, 7) is 18.6. The monoisotopic (exact) mass is 1230 g/mol. The molecule has 9 amide bonds. The zero-order chi connectivity index (χ0) is 65.8. The van der Waals surface area contributed by atoms with Crippen LogP contribution in [0.3, 0.4) is 0 Å². The minimum atomic E-state index is -1.66. The largest absolute Gasteiger partial charge is 0.462 e. The van der Waals surface area contributed by atoms with Gasteiger partial charge in [-0.25, -0.2) is 9.59 Å². The number of carbonyl (C=O) groups excluding carboxylic acids is 11. The number of aliphatic hydroxyl groups is 1. The van der Waals surface area contributed by atoms with Crippen LogP contribution < -0.4 is 70.4 Å². The van der Waals surface area contributed by atoms with Crippen LogP contribution in [-0.2, 0) is 68.6 Å². The van der Waals surface area contributed by atoms with Crippen molar-refractivity contribution in [2.45, 2.75) is 207 Å². The molecular weight excluding hydrogens is 1130 g/mol. The summed E-state index contributed by atoms with van der Waals surface area (Å²) >= 11 is 0. The van der Waals surface area contributed by atoms with Gasteiger partial charge in [-0.2, -0.15) is 0 Å². The van der Waals surface area contributed by atoms with Crippen LogP contribution >= 0.6 is 0 Å². The molecular formula is C59H100N14O14. The van der Waals surface area contributed by atoms with Gasteiger partial charge in [-0.1, -0.05) is 125 Å². The van der Waals surface area contributed by atoms with Crippen LogP contribution in [0.5, 0.6) is 0 Å². The fourth-order valence-electron chi connectivity index (χ4n) is 9.11. The van der Waals surface area contributed by atoms with Crippen molar-refractivity contribution in [3.63, 3.8) is 0 Å². The number of hydrogen-bond donors (Lipinski definition) is 14. The van der Waals surface area contributed by atoms with Gasteiger partial charge >= 0.3 is 11.9 Å². The van der Waals surface area contributed by atoms with Gasteiger partial charge in [0.1, 0.15) is 73.1 Å². The lowest BCUT2D eigenvalue weighted by atomic mass is 9.95. The number of esters is 2. The van der Waals surface area contributed by atoms with E-state index in [1.54, 1.807) is 55.5 Å². The van der Waals surface area contributed by atoms with E-state index < -0.39 is 175 Å². The van der Waals surface area contributed by atoms with Gasteiger partial charge in [-0.15, -0.1) is 0 Å². The summed E-state index contributed by atoms with van der Waals surface area (Å²) in [7, 11) is 1.62. The second kappa shape index (κ2) is 38.0. The molecule has 2 rings (SSSR count). The number of nitrogens with one attached hydrogen (secondary N) is 10. The standard InChI is InChI=1S/C59H100N14O14/c1-14-31(7)43(70-51(78)40(63-13)27-37-22-19-18-20-23-37)54(81)68-42(28-74)53(80)66-39(24-21-25-64-59(61)62)50(77)69-44(32(8)15-2)55(82)72-45(33(9)16-3)57(84)86-29-38(60)49(76)73-47-36(12)87-58(85)46(34(10)17-4)71-52(79)41(26-30(5)6)67-48(75)35(11)65-56(47)83/h18-20,22-23,30-36,38-47,63,74H,14-17,21,24-29,60H2,1-13H3,(H,65,83)(H,66,80)(H,67,75)(H,68,81)(H,69,77)(H,70,78)(H,71,79)(H,72,82)(H,73,76)(H4,61,62,64)/t31-,32-,33-,34-,35-,36-,38-,39+,40+,41-,42-,43-,44+,45-,46-,47+/m0/s1. The molecule has 1 aromatic rings. The lowest BCUT2D eigenvalue weighted by molar-refractivity contribution is -0.158. The molecule has 0 aliphatic carbocycles. The van der Waals surface area contributed by atoms with Crippen molar-refractivity contribution in [1.29, 1.82) is 0 Å². The van der Waals surface area contributed by atoms with Crippen LogP contribution in [-0.4, -0.2) is 176 Å². The molecule has 1 saturated heterocycles. The molecule has 1 fully saturated rings. The number of amides is 9. The number of aliphatic imine (C=N–C) groups is 1. The van der Waals surface area contributed by atoms with Gasteiger partial charge in [0.05, 0.1) is 12.6 Å². The number of ether oxygens (including phenoxy) is 2. The number of nitrogens with zero attached hydrogens (tertiary/aromatic N) is 1. The number of likely N-dealkylation sites (N-methyl/N-ethyl adjacent to an activating group) is 1. The third-order valence-corrected chi connectivity index (χ3v) is 15.6. The first kappa shape index (κ1) is 75.6. The van der Waals surface area contributed by atoms with Gasteiger partial charge in [-0.05, 0) is 81.7 Å². The molecule has 1 aliphatic rings. The Kier molecular flexibility index (Phi) is 33.0. The summed E-state index contributed by atoms with van der Waals surface area (Å²) in [6, 6.07) is -5.14. The molecule has 0 aromatic heterocycles. The molecule has 28 heteroatoms. The smallest absolute Gasteiger partial charge is 0.329 e. The maximum atomic E-state index is 14.4. The summed E-state index contributed by atoms with van der Waals surface area (Å²) in [6.07, 6.45) is 0.682. The fourth-order valence-corrected chi connectivity index (χ4v) is 9.11. The molecule has 28 nitrogen and oxygen atoms in total.